The Morgan fingerprint density at radius 1 is 1.43 bits per heavy atom. The largest absolute Gasteiger partial charge is 0.478 e. The molecule has 1 aliphatic carbocycles. The number of halogens is 1. The van der Waals surface area contributed by atoms with Crippen LogP contribution >= 0.6 is 11.6 Å². The number of hydrogen-bond donors (Lipinski definition) is 2. The number of carboxylic acid groups (broad SMARTS) is 1. The summed E-state index contributed by atoms with van der Waals surface area (Å²) in [6, 6.07) is 2.37. The number of nitro benzene ring substituents is 1. The average molecular weight is 313 g/mol. The van der Waals surface area contributed by atoms with Crippen LogP contribution in [0.15, 0.2) is 12.1 Å². The van der Waals surface area contributed by atoms with Gasteiger partial charge in [0.25, 0.3) is 5.69 Å². The molecule has 0 radical (unpaired) electrons. The van der Waals surface area contributed by atoms with Crippen molar-refractivity contribution in [1.82, 2.24) is 0 Å². The van der Waals surface area contributed by atoms with Crippen LogP contribution in [0.2, 0.25) is 5.02 Å². The Labute approximate surface area is 127 Å². The Bertz CT molecular complexity index is 576. The van der Waals surface area contributed by atoms with Crippen LogP contribution < -0.4 is 5.32 Å². The Balaban J connectivity index is 2.37. The molecule has 2 atom stereocenters. The summed E-state index contributed by atoms with van der Waals surface area (Å²) in [6.45, 7) is 2.11. The number of rotatable bonds is 4. The van der Waals surface area contributed by atoms with Gasteiger partial charge in [-0.1, -0.05) is 31.4 Å². The minimum absolute atomic E-state index is 0.0689. The van der Waals surface area contributed by atoms with Crippen LogP contribution in [-0.2, 0) is 0 Å². The summed E-state index contributed by atoms with van der Waals surface area (Å²) in [5.41, 5.74) is -0.208. The lowest BCUT2D eigenvalue weighted by Crippen LogP contribution is -2.31. The molecule has 2 N–H and O–H groups in total. The first-order chi connectivity index (χ1) is 9.90. The van der Waals surface area contributed by atoms with Gasteiger partial charge in [-0.15, -0.1) is 0 Å². The number of hydrogen-bond acceptors (Lipinski definition) is 4. The maximum atomic E-state index is 11.4. The highest BCUT2D eigenvalue weighted by Gasteiger charge is 2.26. The number of nitrogens with one attached hydrogen (secondary N) is 1. The molecule has 1 aliphatic rings. The number of benzene rings is 1. The number of nitrogens with zero attached hydrogens (tertiary/aromatic N) is 1. The molecule has 1 aromatic carbocycles. The van der Waals surface area contributed by atoms with Gasteiger partial charge < -0.3 is 10.4 Å². The quantitative estimate of drug-likeness (QED) is 0.649. The van der Waals surface area contributed by atoms with Gasteiger partial charge in [-0.2, -0.15) is 0 Å². The van der Waals surface area contributed by atoms with Gasteiger partial charge in [0.15, 0.2) is 0 Å². The van der Waals surface area contributed by atoms with E-state index in [1.54, 1.807) is 0 Å². The van der Waals surface area contributed by atoms with E-state index >= 15 is 0 Å². The lowest BCUT2D eigenvalue weighted by Gasteiger charge is -2.31. The second-order valence-corrected chi connectivity index (χ2v) is 5.83. The lowest BCUT2D eigenvalue weighted by atomic mass is 9.85. The van der Waals surface area contributed by atoms with Gasteiger partial charge in [0.1, 0.15) is 0 Å². The van der Waals surface area contributed by atoms with Crippen molar-refractivity contribution >= 4 is 28.9 Å². The molecule has 7 heteroatoms. The first-order valence-electron chi connectivity index (χ1n) is 6.88. The maximum Gasteiger partial charge on any atom is 0.338 e. The van der Waals surface area contributed by atoms with Crippen LogP contribution in [0.1, 0.15) is 43.0 Å². The summed E-state index contributed by atoms with van der Waals surface area (Å²) in [5, 5.41) is 23.3. The summed E-state index contributed by atoms with van der Waals surface area (Å²) in [4.78, 5) is 21.5. The lowest BCUT2D eigenvalue weighted by molar-refractivity contribution is -0.384. The minimum atomic E-state index is -1.23. The third kappa shape index (κ3) is 3.44. The van der Waals surface area contributed by atoms with E-state index in [1.165, 1.54) is 12.5 Å². The monoisotopic (exact) mass is 312 g/mol. The third-order valence-electron chi connectivity index (χ3n) is 3.96. The summed E-state index contributed by atoms with van der Waals surface area (Å²) < 4.78 is 0. The molecule has 1 aromatic rings. The summed E-state index contributed by atoms with van der Waals surface area (Å²) >= 11 is 6.06. The van der Waals surface area contributed by atoms with Crippen molar-refractivity contribution in [3.63, 3.8) is 0 Å². The first-order valence-corrected chi connectivity index (χ1v) is 7.25. The van der Waals surface area contributed by atoms with Crippen LogP contribution in [0.4, 0.5) is 11.4 Å². The molecule has 21 heavy (non-hydrogen) atoms. The molecule has 0 bridgehead atoms. The fourth-order valence-corrected chi connectivity index (χ4v) is 3.00. The zero-order chi connectivity index (χ0) is 15.6. The molecule has 0 saturated heterocycles. The zero-order valence-corrected chi connectivity index (χ0v) is 12.4. The fraction of sp³-hybridized carbons (Fsp3) is 0.500. The standard InChI is InChI=1S/C14H17ClN2O4/c1-8-4-2-3-5-12(8)16-13-10(14(18)19)6-9(17(20)21)7-11(13)15/h6-8,12,16H,2-5H2,1H3,(H,18,19). The molecule has 2 unspecified atom stereocenters. The summed E-state index contributed by atoms with van der Waals surface area (Å²) in [7, 11) is 0. The molecule has 1 saturated carbocycles. The Hall–Kier alpha value is -1.82. The van der Waals surface area contributed by atoms with Gasteiger partial charge in [-0.25, -0.2) is 4.79 Å². The van der Waals surface area contributed by atoms with E-state index in [0.29, 0.717) is 5.92 Å². The van der Waals surface area contributed by atoms with Crippen molar-refractivity contribution in [3.8, 4) is 0 Å². The topological polar surface area (TPSA) is 92.5 Å². The van der Waals surface area contributed by atoms with E-state index in [-0.39, 0.29) is 28.0 Å². The number of aromatic carboxylic acids is 1. The smallest absolute Gasteiger partial charge is 0.338 e. The summed E-state index contributed by atoms with van der Waals surface area (Å²) in [5.74, 6) is -0.821. The highest BCUT2D eigenvalue weighted by atomic mass is 35.5. The van der Waals surface area contributed by atoms with E-state index in [0.717, 1.165) is 25.3 Å². The Morgan fingerprint density at radius 3 is 2.67 bits per heavy atom. The third-order valence-corrected chi connectivity index (χ3v) is 4.26. The van der Waals surface area contributed by atoms with Crippen LogP contribution in [0.3, 0.4) is 0 Å². The second-order valence-electron chi connectivity index (χ2n) is 5.42. The van der Waals surface area contributed by atoms with Crippen LogP contribution in [0, 0.1) is 16.0 Å². The van der Waals surface area contributed by atoms with Crippen molar-refractivity contribution in [2.24, 2.45) is 5.92 Å². The predicted octanol–water partition coefficient (Wildman–Crippen LogP) is 3.94. The van der Waals surface area contributed by atoms with Crippen molar-refractivity contribution in [1.29, 1.82) is 0 Å². The summed E-state index contributed by atoms with van der Waals surface area (Å²) in [6.07, 6.45) is 4.26. The molecular formula is C14H17ClN2O4. The number of anilines is 1. The van der Waals surface area contributed by atoms with Crippen LogP contribution in [-0.4, -0.2) is 22.0 Å². The van der Waals surface area contributed by atoms with Crippen LogP contribution in [0.25, 0.3) is 0 Å². The normalized spacial score (nSPS) is 21.8. The van der Waals surface area contributed by atoms with Crippen molar-refractivity contribution < 1.29 is 14.8 Å². The van der Waals surface area contributed by atoms with Crippen LogP contribution in [0.5, 0.6) is 0 Å². The average Bonchev–Trinajstić information content (AvgIpc) is 2.42. The Kier molecular flexibility index (Phi) is 4.67. The van der Waals surface area contributed by atoms with Gasteiger partial charge in [-0.3, -0.25) is 10.1 Å². The molecule has 0 aromatic heterocycles. The highest BCUT2D eigenvalue weighted by Crippen LogP contribution is 2.35. The molecule has 1 fully saturated rings. The number of carbonyl (C=O) groups is 1. The molecule has 0 aliphatic heterocycles. The van der Waals surface area contributed by atoms with Gasteiger partial charge >= 0.3 is 5.97 Å². The van der Waals surface area contributed by atoms with Crippen molar-refractivity contribution in [2.75, 3.05) is 5.32 Å². The van der Waals surface area contributed by atoms with Crippen molar-refractivity contribution in [2.45, 2.75) is 38.6 Å². The minimum Gasteiger partial charge on any atom is -0.478 e. The van der Waals surface area contributed by atoms with E-state index in [9.17, 15) is 20.0 Å². The van der Waals surface area contributed by atoms with Gasteiger partial charge in [-0.05, 0) is 18.8 Å². The van der Waals surface area contributed by atoms with E-state index in [4.69, 9.17) is 11.6 Å². The molecule has 114 valence electrons. The van der Waals surface area contributed by atoms with E-state index < -0.39 is 10.9 Å². The molecule has 0 heterocycles. The van der Waals surface area contributed by atoms with E-state index in [1.807, 2.05) is 0 Å². The SMILES string of the molecule is CC1CCCCC1Nc1c(Cl)cc([N+](=O)[O-])cc1C(=O)O. The molecule has 0 spiro atoms. The predicted molar refractivity (Wildman–Crippen MR) is 80.1 cm³/mol. The number of non-ortho nitro benzene ring substituents is 1. The fourth-order valence-electron chi connectivity index (χ4n) is 2.73. The van der Waals surface area contributed by atoms with Crippen molar-refractivity contribution in [3.05, 3.63) is 32.8 Å². The zero-order valence-electron chi connectivity index (χ0n) is 11.6. The number of carboxylic acids is 1. The number of nitro groups is 1. The molecule has 2 rings (SSSR count). The van der Waals surface area contributed by atoms with Gasteiger partial charge in [0.05, 0.1) is 21.2 Å². The van der Waals surface area contributed by atoms with Gasteiger partial charge in [0.2, 0.25) is 0 Å². The van der Waals surface area contributed by atoms with Gasteiger partial charge in [0, 0.05) is 18.2 Å². The second kappa shape index (κ2) is 6.30. The molecule has 0 amide bonds. The molecular weight excluding hydrogens is 296 g/mol. The Morgan fingerprint density at radius 2 is 2.10 bits per heavy atom. The van der Waals surface area contributed by atoms with E-state index in [2.05, 4.69) is 12.2 Å². The molecule has 6 nitrogen and oxygen atoms in total. The first kappa shape index (κ1) is 15.6. The highest BCUT2D eigenvalue weighted by molar-refractivity contribution is 6.34. The maximum absolute atomic E-state index is 11.4.